The molecule has 2 unspecified atom stereocenters. The highest BCUT2D eigenvalue weighted by Crippen LogP contribution is 2.30. The Hall–Kier alpha value is -1.35. The fraction of sp³-hybridized carbons (Fsp3) is 0.562. The molecule has 3 heteroatoms. The highest BCUT2D eigenvalue weighted by atomic mass is 16.5. The lowest BCUT2D eigenvalue weighted by Gasteiger charge is -2.34. The molecule has 0 aromatic heterocycles. The van der Waals surface area contributed by atoms with Crippen LogP contribution >= 0.6 is 0 Å². The largest absolute Gasteiger partial charge is 0.377 e. The van der Waals surface area contributed by atoms with Gasteiger partial charge in [-0.1, -0.05) is 31.5 Å². The molecule has 2 bridgehead atoms. The summed E-state index contributed by atoms with van der Waals surface area (Å²) in [5, 5.41) is 0. The number of ether oxygens (including phenoxy) is 1. The van der Waals surface area contributed by atoms with Gasteiger partial charge in [-0.25, -0.2) is 0 Å². The smallest absolute Gasteiger partial charge is 0.254 e. The summed E-state index contributed by atoms with van der Waals surface area (Å²) in [6.07, 6.45) is 2.17. The predicted molar refractivity (Wildman–Crippen MR) is 76.3 cm³/mol. The van der Waals surface area contributed by atoms with E-state index in [1.165, 1.54) is 5.56 Å². The molecule has 0 aliphatic carbocycles. The molecule has 0 radical (unpaired) electrons. The molecule has 3 rings (SSSR count). The van der Waals surface area contributed by atoms with Gasteiger partial charge in [0, 0.05) is 5.56 Å². The first-order valence-electron chi connectivity index (χ1n) is 7.23. The molecule has 19 heavy (non-hydrogen) atoms. The summed E-state index contributed by atoms with van der Waals surface area (Å²) < 4.78 is 5.50. The van der Waals surface area contributed by atoms with E-state index in [0.29, 0.717) is 25.3 Å². The fourth-order valence-corrected chi connectivity index (χ4v) is 2.81. The fourth-order valence-electron chi connectivity index (χ4n) is 2.81. The number of hydrogen-bond donors (Lipinski definition) is 0. The Morgan fingerprint density at radius 2 is 1.63 bits per heavy atom. The van der Waals surface area contributed by atoms with E-state index in [0.717, 1.165) is 18.4 Å². The number of benzene rings is 1. The van der Waals surface area contributed by atoms with Crippen LogP contribution in [0.1, 0.15) is 42.6 Å². The van der Waals surface area contributed by atoms with E-state index >= 15 is 0 Å². The average molecular weight is 261 g/mol. The Labute approximate surface area is 115 Å². The lowest BCUT2D eigenvalue weighted by molar-refractivity contribution is -0.00715. The molecule has 104 valence electrons. The lowest BCUT2D eigenvalue weighted by Crippen LogP contribution is -2.49. The third-order valence-electron chi connectivity index (χ3n) is 3.77. The number of nitrogens with zero attached hydrogens (tertiary/aromatic N) is 1. The van der Waals surface area contributed by atoms with Gasteiger partial charge in [0.1, 0.15) is 0 Å². The van der Waals surface area contributed by atoms with Gasteiger partial charge in [-0.2, -0.15) is 0 Å². The minimum absolute atomic E-state index is 0.167. The van der Waals surface area contributed by atoms with Crippen molar-refractivity contribution in [2.45, 2.75) is 45.7 Å². The second-order valence-corrected chi connectivity index (χ2v) is 5.00. The van der Waals surface area contributed by atoms with Crippen LogP contribution in [0.4, 0.5) is 0 Å². The number of hydrogen-bond acceptors (Lipinski definition) is 2. The maximum absolute atomic E-state index is 12.4. The van der Waals surface area contributed by atoms with Gasteiger partial charge in [0.05, 0.1) is 25.3 Å². The molecule has 2 saturated heterocycles. The number of aryl methyl sites for hydroxylation is 1. The normalized spacial score (nSPS) is 24.7. The maximum atomic E-state index is 12.4. The Balaban J connectivity index is 0.000000637. The molecule has 2 fully saturated rings. The summed E-state index contributed by atoms with van der Waals surface area (Å²) in [5.74, 6) is 0.167. The molecule has 2 heterocycles. The first-order chi connectivity index (χ1) is 9.25. The van der Waals surface area contributed by atoms with Gasteiger partial charge in [0.15, 0.2) is 0 Å². The monoisotopic (exact) mass is 261 g/mol. The summed E-state index contributed by atoms with van der Waals surface area (Å²) >= 11 is 0. The van der Waals surface area contributed by atoms with Crippen molar-refractivity contribution in [1.82, 2.24) is 4.90 Å². The minimum atomic E-state index is 0.167. The Kier molecular flexibility index (Phi) is 4.59. The van der Waals surface area contributed by atoms with E-state index in [2.05, 4.69) is 0 Å². The molecular formula is C16H23NO2. The van der Waals surface area contributed by atoms with Crippen LogP contribution in [0, 0.1) is 6.92 Å². The molecule has 3 nitrogen and oxygen atoms in total. The quantitative estimate of drug-likeness (QED) is 0.777. The molecule has 1 aromatic rings. The van der Waals surface area contributed by atoms with E-state index in [1.807, 2.05) is 49.9 Å². The zero-order chi connectivity index (χ0) is 13.8. The van der Waals surface area contributed by atoms with Crippen molar-refractivity contribution in [3.05, 3.63) is 35.4 Å². The van der Waals surface area contributed by atoms with E-state index in [1.54, 1.807) is 0 Å². The van der Waals surface area contributed by atoms with Crippen LogP contribution in [0.25, 0.3) is 0 Å². The molecule has 1 amide bonds. The van der Waals surface area contributed by atoms with Crippen LogP contribution in [0.5, 0.6) is 0 Å². The van der Waals surface area contributed by atoms with E-state index in [9.17, 15) is 4.79 Å². The van der Waals surface area contributed by atoms with Crippen LogP contribution < -0.4 is 0 Å². The molecule has 0 spiro atoms. The van der Waals surface area contributed by atoms with E-state index in [-0.39, 0.29) is 5.91 Å². The summed E-state index contributed by atoms with van der Waals surface area (Å²) in [6.45, 7) is 7.44. The van der Waals surface area contributed by atoms with Crippen LogP contribution in [-0.4, -0.2) is 36.1 Å². The number of morpholine rings is 1. The van der Waals surface area contributed by atoms with Gasteiger partial charge >= 0.3 is 0 Å². The zero-order valence-electron chi connectivity index (χ0n) is 12.1. The van der Waals surface area contributed by atoms with Crippen molar-refractivity contribution in [3.63, 3.8) is 0 Å². The molecule has 1 aromatic carbocycles. The van der Waals surface area contributed by atoms with Gasteiger partial charge in [0.2, 0.25) is 0 Å². The third-order valence-corrected chi connectivity index (χ3v) is 3.77. The third kappa shape index (κ3) is 2.81. The molecule has 2 atom stereocenters. The van der Waals surface area contributed by atoms with Gasteiger partial charge in [-0.15, -0.1) is 0 Å². The standard InChI is InChI=1S/C14H17NO2.C2H6/c1-10-2-4-11(5-3-10)14(16)15-12-6-7-13(15)9-17-8-12;1-2/h2-5,12-13H,6-9H2,1H3;1-2H3. The van der Waals surface area contributed by atoms with E-state index in [4.69, 9.17) is 4.74 Å². The number of fused-ring (bicyclic) bond motifs is 2. The molecular weight excluding hydrogens is 238 g/mol. The SMILES string of the molecule is CC.Cc1ccc(C(=O)N2C3CCC2COC3)cc1. The van der Waals surface area contributed by atoms with Crippen molar-refractivity contribution < 1.29 is 9.53 Å². The number of carbonyl (C=O) groups excluding carboxylic acids is 1. The molecule has 0 N–H and O–H groups in total. The van der Waals surface area contributed by atoms with Crippen molar-refractivity contribution in [1.29, 1.82) is 0 Å². The summed E-state index contributed by atoms with van der Waals surface area (Å²) in [4.78, 5) is 14.5. The first-order valence-corrected chi connectivity index (χ1v) is 7.23. The average Bonchev–Trinajstić information content (AvgIpc) is 2.70. The highest BCUT2D eigenvalue weighted by molar-refractivity contribution is 5.95. The summed E-state index contributed by atoms with van der Waals surface area (Å²) in [7, 11) is 0. The summed E-state index contributed by atoms with van der Waals surface area (Å²) in [6, 6.07) is 8.43. The van der Waals surface area contributed by atoms with Crippen LogP contribution in [-0.2, 0) is 4.74 Å². The molecule has 0 saturated carbocycles. The van der Waals surface area contributed by atoms with Gasteiger partial charge < -0.3 is 9.64 Å². The van der Waals surface area contributed by atoms with Gasteiger partial charge in [0.25, 0.3) is 5.91 Å². The zero-order valence-corrected chi connectivity index (χ0v) is 12.1. The maximum Gasteiger partial charge on any atom is 0.254 e. The Bertz CT molecular complexity index is 411. The van der Waals surface area contributed by atoms with Crippen molar-refractivity contribution >= 4 is 5.91 Å². The lowest BCUT2D eigenvalue weighted by atomic mass is 10.1. The van der Waals surface area contributed by atoms with Crippen LogP contribution in [0.3, 0.4) is 0 Å². The topological polar surface area (TPSA) is 29.5 Å². The Morgan fingerprint density at radius 3 is 2.16 bits per heavy atom. The minimum Gasteiger partial charge on any atom is -0.377 e. The van der Waals surface area contributed by atoms with E-state index < -0.39 is 0 Å². The number of amides is 1. The molecule has 2 aliphatic rings. The van der Waals surface area contributed by atoms with Gasteiger partial charge in [-0.3, -0.25) is 4.79 Å². The second kappa shape index (κ2) is 6.20. The van der Waals surface area contributed by atoms with Gasteiger partial charge in [-0.05, 0) is 31.9 Å². The van der Waals surface area contributed by atoms with Crippen molar-refractivity contribution in [2.75, 3.05) is 13.2 Å². The van der Waals surface area contributed by atoms with Crippen molar-refractivity contribution in [3.8, 4) is 0 Å². The van der Waals surface area contributed by atoms with Crippen molar-refractivity contribution in [2.24, 2.45) is 0 Å². The first kappa shape index (κ1) is 14.1. The number of carbonyl (C=O) groups is 1. The second-order valence-electron chi connectivity index (χ2n) is 5.00. The van der Waals surface area contributed by atoms with Crippen LogP contribution in [0.2, 0.25) is 0 Å². The highest BCUT2D eigenvalue weighted by Gasteiger charge is 2.40. The Morgan fingerprint density at radius 1 is 1.11 bits per heavy atom. The number of rotatable bonds is 1. The molecule has 2 aliphatic heterocycles. The summed E-state index contributed by atoms with van der Waals surface area (Å²) in [5.41, 5.74) is 1.99. The predicted octanol–water partition coefficient (Wildman–Crippen LogP) is 3.02. The van der Waals surface area contributed by atoms with Crippen LogP contribution in [0.15, 0.2) is 24.3 Å².